The molecule has 0 radical (unpaired) electrons. The summed E-state index contributed by atoms with van der Waals surface area (Å²) in [5.41, 5.74) is -0.382. The minimum absolute atomic E-state index is 0.0361. The average Bonchev–Trinajstić information content (AvgIpc) is 2.40. The van der Waals surface area contributed by atoms with E-state index >= 15 is 0 Å². The molecule has 23 heavy (non-hydrogen) atoms. The molecule has 0 fully saturated rings. The van der Waals surface area contributed by atoms with Crippen molar-refractivity contribution in [1.82, 2.24) is 10.6 Å². The van der Waals surface area contributed by atoms with Crippen LogP contribution >= 0.6 is 0 Å². The van der Waals surface area contributed by atoms with Crippen molar-refractivity contribution < 1.29 is 19.4 Å². The van der Waals surface area contributed by atoms with E-state index in [1.54, 1.807) is 13.8 Å². The summed E-state index contributed by atoms with van der Waals surface area (Å²) >= 11 is 0. The monoisotopic (exact) mass is 330 g/mol. The van der Waals surface area contributed by atoms with Crippen LogP contribution in [-0.2, 0) is 14.3 Å². The van der Waals surface area contributed by atoms with Crippen LogP contribution in [0.15, 0.2) is 0 Å². The van der Waals surface area contributed by atoms with Crippen molar-refractivity contribution in [2.75, 3.05) is 19.7 Å². The number of hydrogen-bond donors (Lipinski definition) is 3. The largest absolute Gasteiger partial charge is 0.366 e. The summed E-state index contributed by atoms with van der Waals surface area (Å²) in [4.78, 5) is 23.5. The molecule has 6 nitrogen and oxygen atoms in total. The van der Waals surface area contributed by atoms with Crippen LogP contribution < -0.4 is 10.6 Å². The lowest BCUT2D eigenvalue weighted by atomic mass is 9.90. The third-order valence-corrected chi connectivity index (χ3v) is 3.23. The molecule has 0 aliphatic heterocycles. The fourth-order valence-corrected chi connectivity index (χ4v) is 1.93. The summed E-state index contributed by atoms with van der Waals surface area (Å²) < 4.78 is 5.31. The van der Waals surface area contributed by atoms with Gasteiger partial charge in [0.05, 0.1) is 6.61 Å². The molecule has 3 N–H and O–H groups in total. The lowest BCUT2D eigenvalue weighted by Crippen LogP contribution is -2.36. The number of aliphatic hydroxyl groups is 1. The molecular weight excluding hydrogens is 296 g/mol. The molecule has 0 bridgehead atoms. The summed E-state index contributed by atoms with van der Waals surface area (Å²) in [5.74, 6) is -1.36. The van der Waals surface area contributed by atoms with Crippen LogP contribution in [0.3, 0.4) is 0 Å². The maximum Gasteiger partial charge on any atom is 0.221 e. The minimum Gasteiger partial charge on any atom is -0.366 e. The first-order valence-corrected chi connectivity index (χ1v) is 8.45. The van der Waals surface area contributed by atoms with Gasteiger partial charge >= 0.3 is 0 Å². The summed E-state index contributed by atoms with van der Waals surface area (Å²) in [5, 5.41) is 15.1. The third kappa shape index (κ3) is 14.2. The van der Waals surface area contributed by atoms with Gasteiger partial charge in [0.15, 0.2) is 5.79 Å². The number of hydrogen-bond acceptors (Lipinski definition) is 4. The van der Waals surface area contributed by atoms with E-state index in [1.165, 1.54) is 0 Å². The summed E-state index contributed by atoms with van der Waals surface area (Å²) in [6.07, 6.45) is 3.79. The fourth-order valence-electron chi connectivity index (χ4n) is 1.93. The number of rotatable bonds is 12. The van der Waals surface area contributed by atoms with Gasteiger partial charge in [0.25, 0.3) is 0 Å². The van der Waals surface area contributed by atoms with Gasteiger partial charge in [-0.25, -0.2) is 0 Å². The highest BCUT2D eigenvalue weighted by Gasteiger charge is 2.25. The van der Waals surface area contributed by atoms with Crippen molar-refractivity contribution in [1.29, 1.82) is 0 Å². The Morgan fingerprint density at radius 2 is 1.61 bits per heavy atom. The van der Waals surface area contributed by atoms with Crippen molar-refractivity contribution in [2.45, 2.75) is 72.5 Å². The smallest absolute Gasteiger partial charge is 0.221 e. The Labute approximate surface area is 140 Å². The lowest BCUT2D eigenvalue weighted by Gasteiger charge is -2.28. The zero-order chi connectivity index (χ0) is 17.9. The molecular formula is C17H34N2O4. The van der Waals surface area contributed by atoms with Gasteiger partial charge in [-0.15, -0.1) is 0 Å². The normalized spacial score (nSPS) is 12.1. The van der Waals surface area contributed by atoms with E-state index in [0.29, 0.717) is 19.5 Å². The third-order valence-electron chi connectivity index (χ3n) is 3.23. The molecule has 0 aromatic carbocycles. The van der Waals surface area contributed by atoms with Gasteiger partial charge in [-0.3, -0.25) is 9.59 Å². The molecule has 0 aliphatic rings. The predicted molar refractivity (Wildman–Crippen MR) is 90.8 cm³/mol. The molecule has 0 spiro atoms. The van der Waals surface area contributed by atoms with Crippen LogP contribution in [0.25, 0.3) is 0 Å². The standard InChI is InChI=1S/C17H34N2O4/c1-6-7-8-10-18-14(20)9-11-19-15(21)12-16(2,3)13-23-17(4,5)22/h22H,6-13H2,1-5H3,(H,18,20)(H,19,21). The molecule has 0 atom stereocenters. The first-order valence-electron chi connectivity index (χ1n) is 8.45. The Hall–Kier alpha value is -1.14. The predicted octanol–water partition coefficient (Wildman–Crippen LogP) is 1.96. The maximum atomic E-state index is 11.9. The highest BCUT2D eigenvalue weighted by molar-refractivity contribution is 5.79. The number of nitrogens with one attached hydrogen (secondary N) is 2. The van der Waals surface area contributed by atoms with Crippen molar-refractivity contribution in [3.8, 4) is 0 Å². The molecule has 0 aromatic heterocycles. The summed E-state index contributed by atoms with van der Waals surface area (Å²) in [7, 11) is 0. The highest BCUT2D eigenvalue weighted by atomic mass is 16.6. The van der Waals surface area contributed by atoms with E-state index in [2.05, 4.69) is 17.6 Å². The van der Waals surface area contributed by atoms with E-state index in [9.17, 15) is 14.7 Å². The van der Waals surface area contributed by atoms with Crippen molar-refractivity contribution in [3.63, 3.8) is 0 Å². The quantitative estimate of drug-likeness (QED) is 0.377. The minimum atomic E-state index is -1.20. The average molecular weight is 330 g/mol. The molecule has 0 saturated carbocycles. The molecule has 2 amide bonds. The molecule has 0 saturated heterocycles. The SMILES string of the molecule is CCCCCNC(=O)CCNC(=O)CC(C)(C)COC(C)(C)O. The molecule has 0 heterocycles. The van der Waals surface area contributed by atoms with Crippen LogP contribution in [0.4, 0.5) is 0 Å². The van der Waals surface area contributed by atoms with Gasteiger partial charge in [-0.1, -0.05) is 33.6 Å². The summed E-state index contributed by atoms with van der Waals surface area (Å²) in [6, 6.07) is 0. The van der Waals surface area contributed by atoms with Crippen LogP contribution in [0.1, 0.15) is 66.7 Å². The van der Waals surface area contributed by atoms with E-state index in [1.807, 2.05) is 13.8 Å². The number of carbonyl (C=O) groups excluding carboxylic acids is 2. The first-order chi connectivity index (χ1) is 10.6. The number of ether oxygens (including phenoxy) is 1. The fraction of sp³-hybridized carbons (Fsp3) is 0.882. The van der Waals surface area contributed by atoms with Gasteiger partial charge in [-0.2, -0.15) is 0 Å². The molecule has 0 aliphatic carbocycles. The zero-order valence-corrected chi connectivity index (χ0v) is 15.3. The van der Waals surface area contributed by atoms with Crippen LogP contribution in [-0.4, -0.2) is 42.4 Å². The van der Waals surface area contributed by atoms with Gasteiger partial charge in [-0.05, 0) is 25.7 Å². The second kappa shape index (κ2) is 10.6. The van der Waals surface area contributed by atoms with E-state index in [4.69, 9.17) is 4.74 Å². The van der Waals surface area contributed by atoms with Gasteiger partial charge in [0.1, 0.15) is 0 Å². The van der Waals surface area contributed by atoms with Crippen LogP contribution in [0.2, 0.25) is 0 Å². The van der Waals surface area contributed by atoms with E-state index in [0.717, 1.165) is 19.3 Å². The Kier molecular flexibility index (Phi) is 10.1. The molecule has 0 rings (SSSR count). The second-order valence-corrected chi connectivity index (χ2v) is 7.23. The van der Waals surface area contributed by atoms with E-state index < -0.39 is 5.79 Å². The van der Waals surface area contributed by atoms with Crippen molar-refractivity contribution in [2.24, 2.45) is 5.41 Å². The Morgan fingerprint density at radius 3 is 2.17 bits per heavy atom. The Morgan fingerprint density at radius 1 is 1.00 bits per heavy atom. The maximum absolute atomic E-state index is 11.9. The first kappa shape index (κ1) is 21.9. The molecule has 0 unspecified atom stereocenters. The number of unbranched alkanes of at least 4 members (excludes halogenated alkanes) is 2. The van der Waals surface area contributed by atoms with Crippen molar-refractivity contribution >= 4 is 11.8 Å². The van der Waals surface area contributed by atoms with E-state index in [-0.39, 0.29) is 30.3 Å². The highest BCUT2D eigenvalue weighted by Crippen LogP contribution is 2.22. The number of carbonyl (C=O) groups is 2. The van der Waals surface area contributed by atoms with Gasteiger partial charge < -0.3 is 20.5 Å². The molecule has 136 valence electrons. The Balaban J connectivity index is 3.87. The van der Waals surface area contributed by atoms with Gasteiger partial charge in [0.2, 0.25) is 11.8 Å². The van der Waals surface area contributed by atoms with Crippen LogP contribution in [0.5, 0.6) is 0 Å². The van der Waals surface area contributed by atoms with Crippen molar-refractivity contribution in [3.05, 3.63) is 0 Å². The molecule has 6 heteroatoms. The number of amides is 2. The zero-order valence-electron chi connectivity index (χ0n) is 15.3. The summed E-state index contributed by atoms with van der Waals surface area (Å²) in [6.45, 7) is 10.3. The lowest BCUT2D eigenvalue weighted by molar-refractivity contribution is -0.192. The second-order valence-electron chi connectivity index (χ2n) is 7.23. The van der Waals surface area contributed by atoms with Gasteiger partial charge in [0, 0.05) is 25.9 Å². The topological polar surface area (TPSA) is 87.7 Å². The van der Waals surface area contributed by atoms with Crippen LogP contribution in [0, 0.1) is 5.41 Å². The molecule has 0 aromatic rings. The Bertz CT molecular complexity index is 362.